The molecule has 2 aliphatic heterocycles. The van der Waals surface area contributed by atoms with Gasteiger partial charge in [-0.05, 0) is 40.8 Å². The predicted octanol–water partition coefficient (Wildman–Crippen LogP) is 2.94. The quantitative estimate of drug-likeness (QED) is 0.509. The second-order valence-electron chi connectivity index (χ2n) is 9.55. The molecular weight excluding hydrogens is 490 g/mol. The fourth-order valence-corrected chi connectivity index (χ4v) is 5.09. The fraction of sp³-hybridized carbons (Fsp3) is 0.591. The Labute approximate surface area is 201 Å². The van der Waals surface area contributed by atoms with Crippen molar-refractivity contribution in [3.05, 3.63) is 16.7 Å². The highest BCUT2D eigenvalue weighted by Gasteiger charge is 2.50. The minimum atomic E-state index is -0.865. The number of anilines is 2. The van der Waals surface area contributed by atoms with E-state index in [0.717, 1.165) is 30.4 Å². The summed E-state index contributed by atoms with van der Waals surface area (Å²) in [6, 6.07) is 1.82. The summed E-state index contributed by atoms with van der Waals surface area (Å²) < 4.78 is 0.823. The normalized spacial score (nSPS) is 18.0. The van der Waals surface area contributed by atoms with E-state index in [0.29, 0.717) is 48.2 Å². The number of halogens is 1. The topological polar surface area (TPSA) is 124 Å². The highest BCUT2D eigenvalue weighted by molar-refractivity contribution is 9.10. The highest BCUT2D eigenvalue weighted by Crippen LogP contribution is 2.41. The number of hydrogen-bond acceptors (Lipinski definition) is 7. The largest absolute Gasteiger partial charge is 0.465 e. The number of hydrogen-bond donors (Lipinski definition) is 3. The van der Waals surface area contributed by atoms with Crippen molar-refractivity contribution >= 4 is 50.7 Å². The molecule has 2 aliphatic rings. The predicted molar refractivity (Wildman–Crippen MR) is 129 cm³/mol. The number of nitrogens with zero attached hydrogens (tertiary/aromatic N) is 5. The molecule has 2 saturated heterocycles. The number of likely N-dealkylation sites (tertiary alicyclic amines) is 1. The van der Waals surface area contributed by atoms with Crippen LogP contribution in [0.5, 0.6) is 0 Å². The molecule has 10 nitrogen and oxygen atoms in total. The van der Waals surface area contributed by atoms with Gasteiger partial charge in [0.1, 0.15) is 5.52 Å². The van der Waals surface area contributed by atoms with Crippen LogP contribution in [0.3, 0.4) is 0 Å². The molecule has 11 heteroatoms. The first-order chi connectivity index (χ1) is 15.7. The summed E-state index contributed by atoms with van der Waals surface area (Å²) in [6.07, 6.45) is 2.90. The van der Waals surface area contributed by atoms with Gasteiger partial charge in [-0.2, -0.15) is 4.98 Å². The summed E-state index contributed by atoms with van der Waals surface area (Å²) in [5, 5.41) is 15.4. The Bertz CT molecular complexity index is 1060. The lowest BCUT2D eigenvalue weighted by molar-refractivity contribution is -0.120. The van der Waals surface area contributed by atoms with Crippen LogP contribution in [0.25, 0.3) is 11.0 Å². The number of carbonyl (C=O) groups excluding carboxylic acids is 1. The van der Waals surface area contributed by atoms with Gasteiger partial charge < -0.3 is 25.5 Å². The molecule has 4 rings (SSSR count). The van der Waals surface area contributed by atoms with Gasteiger partial charge >= 0.3 is 6.09 Å². The van der Waals surface area contributed by atoms with Crippen LogP contribution in [-0.4, -0.2) is 76.2 Å². The van der Waals surface area contributed by atoms with Gasteiger partial charge in [0.25, 0.3) is 0 Å². The number of carbonyl (C=O) groups is 2. The van der Waals surface area contributed by atoms with Crippen molar-refractivity contribution in [1.29, 1.82) is 0 Å². The van der Waals surface area contributed by atoms with Gasteiger partial charge in [-0.1, -0.05) is 13.8 Å². The summed E-state index contributed by atoms with van der Waals surface area (Å²) >= 11 is 3.48. The molecule has 0 unspecified atom stereocenters. The Morgan fingerprint density at radius 1 is 1.27 bits per heavy atom. The van der Waals surface area contributed by atoms with E-state index in [-0.39, 0.29) is 17.4 Å². The summed E-state index contributed by atoms with van der Waals surface area (Å²) in [5.74, 6) is 1.57. The molecule has 2 fully saturated rings. The van der Waals surface area contributed by atoms with E-state index in [1.807, 2.05) is 6.07 Å². The SMILES string of the molecule is CNC(=O)C[C@H](CC(C)C)Nc1nc(N2CCC3(CN(C(=O)O)C3)C2)nc2cc(Br)cnc12. The molecule has 2 aromatic rings. The maximum atomic E-state index is 12.1. The van der Waals surface area contributed by atoms with Crippen LogP contribution in [0.15, 0.2) is 16.7 Å². The summed E-state index contributed by atoms with van der Waals surface area (Å²) in [4.78, 5) is 41.0. The first kappa shape index (κ1) is 23.5. The zero-order valence-corrected chi connectivity index (χ0v) is 20.7. The third kappa shape index (κ3) is 5.13. The third-order valence-electron chi connectivity index (χ3n) is 6.34. The number of carboxylic acid groups (broad SMARTS) is 1. The van der Waals surface area contributed by atoms with Crippen molar-refractivity contribution in [3.8, 4) is 0 Å². The molecule has 0 aromatic carbocycles. The minimum absolute atomic E-state index is 0.0286. The molecule has 33 heavy (non-hydrogen) atoms. The number of nitrogens with one attached hydrogen (secondary N) is 2. The van der Waals surface area contributed by atoms with Gasteiger partial charge in [0.15, 0.2) is 5.82 Å². The summed E-state index contributed by atoms with van der Waals surface area (Å²) in [7, 11) is 1.64. The average molecular weight is 520 g/mol. The number of rotatable bonds is 7. The zero-order chi connectivity index (χ0) is 23.8. The smallest absolute Gasteiger partial charge is 0.407 e. The first-order valence-electron chi connectivity index (χ1n) is 11.2. The van der Waals surface area contributed by atoms with Crippen LogP contribution >= 0.6 is 15.9 Å². The Hall–Kier alpha value is -2.69. The Kier molecular flexibility index (Phi) is 6.60. The highest BCUT2D eigenvalue weighted by atomic mass is 79.9. The molecule has 0 saturated carbocycles. The van der Waals surface area contributed by atoms with Crippen LogP contribution in [-0.2, 0) is 4.79 Å². The van der Waals surface area contributed by atoms with Gasteiger partial charge in [0.2, 0.25) is 11.9 Å². The van der Waals surface area contributed by atoms with Crippen molar-refractivity contribution < 1.29 is 14.7 Å². The van der Waals surface area contributed by atoms with Crippen LogP contribution < -0.4 is 15.5 Å². The third-order valence-corrected chi connectivity index (χ3v) is 6.78. The van der Waals surface area contributed by atoms with E-state index in [4.69, 9.17) is 9.97 Å². The molecule has 178 valence electrons. The van der Waals surface area contributed by atoms with Gasteiger partial charge in [0.05, 0.1) is 5.52 Å². The molecule has 3 N–H and O–H groups in total. The lowest BCUT2D eigenvalue weighted by atomic mass is 9.79. The van der Waals surface area contributed by atoms with Crippen molar-refractivity contribution in [1.82, 2.24) is 25.2 Å². The van der Waals surface area contributed by atoms with Crippen molar-refractivity contribution in [2.75, 3.05) is 43.4 Å². The molecule has 2 aromatic heterocycles. The van der Waals surface area contributed by atoms with E-state index < -0.39 is 6.09 Å². The molecule has 0 bridgehead atoms. The van der Waals surface area contributed by atoms with Crippen LogP contribution in [0.2, 0.25) is 0 Å². The molecule has 1 atom stereocenters. The lowest BCUT2D eigenvalue weighted by Gasteiger charge is -2.46. The second-order valence-corrected chi connectivity index (χ2v) is 10.5. The average Bonchev–Trinajstić information content (AvgIpc) is 3.17. The zero-order valence-electron chi connectivity index (χ0n) is 19.1. The summed E-state index contributed by atoms with van der Waals surface area (Å²) in [6.45, 7) is 6.84. The van der Waals surface area contributed by atoms with Crippen LogP contribution in [0.1, 0.15) is 33.1 Å². The summed E-state index contributed by atoms with van der Waals surface area (Å²) in [5.41, 5.74) is 1.34. The van der Waals surface area contributed by atoms with E-state index in [2.05, 4.69) is 50.3 Å². The molecule has 0 radical (unpaired) electrons. The Balaban J connectivity index is 1.62. The van der Waals surface area contributed by atoms with E-state index in [1.165, 1.54) is 4.90 Å². The van der Waals surface area contributed by atoms with Crippen LogP contribution in [0.4, 0.5) is 16.6 Å². The van der Waals surface area contributed by atoms with Crippen molar-refractivity contribution in [2.24, 2.45) is 11.3 Å². The van der Waals surface area contributed by atoms with Crippen molar-refractivity contribution in [2.45, 2.75) is 39.2 Å². The monoisotopic (exact) mass is 519 g/mol. The number of amides is 2. The molecule has 1 spiro atoms. The Morgan fingerprint density at radius 3 is 2.70 bits per heavy atom. The van der Waals surface area contributed by atoms with Gasteiger partial charge in [-0.25, -0.2) is 14.8 Å². The first-order valence-corrected chi connectivity index (χ1v) is 12.0. The van der Waals surface area contributed by atoms with E-state index in [9.17, 15) is 14.7 Å². The maximum absolute atomic E-state index is 12.1. The van der Waals surface area contributed by atoms with Crippen molar-refractivity contribution in [3.63, 3.8) is 0 Å². The molecule has 2 amide bonds. The fourth-order valence-electron chi connectivity index (χ4n) is 4.77. The van der Waals surface area contributed by atoms with E-state index in [1.54, 1.807) is 13.2 Å². The Morgan fingerprint density at radius 2 is 2.03 bits per heavy atom. The standard InChI is InChI=1S/C22H30BrN7O3/c1-13(2)6-15(8-17(31)24-3)26-19-18-16(7-14(23)9-25-18)27-20(28-19)29-5-4-22(10-29)11-30(12-22)21(32)33/h7,9,13,15H,4-6,8,10-12H2,1-3H3,(H,24,31)(H,32,33)(H,26,27,28)/t15-/m0/s1. The van der Waals surface area contributed by atoms with Crippen LogP contribution in [0, 0.1) is 11.3 Å². The lowest BCUT2D eigenvalue weighted by Crippen LogP contribution is -2.59. The molecular formula is C22H30BrN7O3. The number of fused-ring (bicyclic) bond motifs is 1. The minimum Gasteiger partial charge on any atom is -0.465 e. The second kappa shape index (κ2) is 9.28. The molecule has 0 aliphatic carbocycles. The number of pyridine rings is 1. The molecule has 4 heterocycles. The maximum Gasteiger partial charge on any atom is 0.407 e. The van der Waals surface area contributed by atoms with Gasteiger partial charge in [-0.15, -0.1) is 0 Å². The van der Waals surface area contributed by atoms with Gasteiger partial charge in [0, 0.05) is 61.8 Å². The number of aromatic nitrogens is 3. The van der Waals surface area contributed by atoms with Gasteiger partial charge in [-0.3, -0.25) is 4.79 Å². The van der Waals surface area contributed by atoms with E-state index >= 15 is 0 Å².